The Morgan fingerprint density at radius 1 is 0.829 bits per heavy atom. The molecule has 0 bridgehead atoms. The summed E-state index contributed by atoms with van der Waals surface area (Å²) in [6.07, 6.45) is 0. The van der Waals surface area contributed by atoms with Crippen LogP contribution in [0.15, 0.2) is 0 Å². The largest absolute Gasteiger partial charge is 0.399 e. The zero-order valence-electron chi connectivity index (χ0n) is 25.9. The van der Waals surface area contributed by atoms with E-state index in [0.29, 0.717) is 0 Å². The smallest absolute Gasteiger partial charge is 0.393 e. The predicted octanol–water partition coefficient (Wildman–Crippen LogP) is -0.855. The Morgan fingerprint density at radius 2 is 1.37 bits per heavy atom. The van der Waals surface area contributed by atoms with Crippen molar-refractivity contribution in [2.45, 2.75) is 114 Å². The zero-order valence-corrected chi connectivity index (χ0v) is 26.8. The number of ether oxygens (including phenoxy) is 3. The fourth-order valence-electron chi connectivity index (χ4n) is 6.05. The average molecular weight is 616 g/mol. The topological polar surface area (TPSA) is 211 Å². The van der Waals surface area contributed by atoms with Crippen molar-refractivity contribution in [1.29, 1.82) is 0 Å². The van der Waals surface area contributed by atoms with Crippen molar-refractivity contribution >= 4 is 16.3 Å². The SMILES string of the molecule is COS(=O)(=O)OCC1(C)OCC(C)(O)C(C)(COCC2(C)OC(C)(CO)C(C)(O)C(C)(O)C2(C)NC(C)=O)C1(C)O. The van der Waals surface area contributed by atoms with E-state index in [1.165, 1.54) is 69.2 Å². The van der Waals surface area contributed by atoms with Gasteiger partial charge < -0.3 is 45.1 Å². The molecule has 9 unspecified atom stereocenters. The summed E-state index contributed by atoms with van der Waals surface area (Å²) in [5, 5.41) is 59.3. The van der Waals surface area contributed by atoms with E-state index in [-0.39, 0.29) is 19.8 Å². The van der Waals surface area contributed by atoms with E-state index in [0.717, 1.165) is 7.11 Å². The van der Waals surface area contributed by atoms with Crippen LogP contribution in [-0.4, -0.2) is 125 Å². The van der Waals surface area contributed by atoms with Crippen LogP contribution in [-0.2, 0) is 37.8 Å². The van der Waals surface area contributed by atoms with Crippen LogP contribution < -0.4 is 5.32 Å². The van der Waals surface area contributed by atoms with E-state index in [9.17, 15) is 38.7 Å². The number of hydrogen-bond acceptors (Lipinski definition) is 13. The van der Waals surface area contributed by atoms with E-state index in [1.54, 1.807) is 0 Å². The fraction of sp³-hybridized carbons (Fsp3) is 0.962. The number of hydrogen-bond donors (Lipinski definition) is 6. The molecule has 2 rings (SSSR count). The zero-order chi connectivity index (χ0) is 32.4. The summed E-state index contributed by atoms with van der Waals surface area (Å²) in [7, 11) is -3.45. The van der Waals surface area contributed by atoms with Crippen LogP contribution in [0, 0.1) is 5.41 Å². The maximum atomic E-state index is 12.3. The number of aliphatic hydroxyl groups excluding tert-OH is 1. The summed E-state index contributed by atoms with van der Waals surface area (Å²) in [5.41, 5.74) is -16.0. The van der Waals surface area contributed by atoms with Crippen molar-refractivity contribution < 1.29 is 61.3 Å². The molecule has 41 heavy (non-hydrogen) atoms. The molecule has 0 radical (unpaired) electrons. The highest BCUT2D eigenvalue weighted by molar-refractivity contribution is 7.81. The summed E-state index contributed by atoms with van der Waals surface area (Å²) in [6.45, 7) is 11.7. The van der Waals surface area contributed by atoms with Gasteiger partial charge in [-0.25, -0.2) is 4.18 Å². The monoisotopic (exact) mass is 615 g/mol. The van der Waals surface area contributed by atoms with Gasteiger partial charge in [-0.3, -0.25) is 8.98 Å². The van der Waals surface area contributed by atoms with Crippen molar-refractivity contribution in [1.82, 2.24) is 5.32 Å². The molecule has 2 aliphatic rings. The van der Waals surface area contributed by atoms with Gasteiger partial charge in [0, 0.05) is 6.92 Å². The number of amides is 1. The molecule has 0 aromatic rings. The number of rotatable bonds is 10. The first-order valence-electron chi connectivity index (χ1n) is 13.3. The minimum atomic E-state index is -4.37. The van der Waals surface area contributed by atoms with Crippen molar-refractivity contribution in [3.8, 4) is 0 Å². The number of carbonyl (C=O) groups excluding carboxylic acids is 1. The van der Waals surface area contributed by atoms with E-state index in [4.69, 9.17) is 18.4 Å². The lowest BCUT2D eigenvalue weighted by Crippen LogP contribution is -2.88. The van der Waals surface area contributed by atoms with E-state index in [1.807, 2.05) is 0 Å². The maximum absolute atomic E-state index is 12.3. The summed E-state index contributed by atoms with van der Waals surface area (Å²) >= 11 is 0. The quantitative estimate of drug-likeness (QED) is 0.177. The van der Waals surface area contributed by atoms with Gasteiger partial charge in [-0.15, -0.1) is 0 Å². The first-order chi connectivity index (χ1) is 18.1. The second-order valence-electron chi connectivity index (χ2n) is 13.2. The molecule has 1 amide bonds. The third kappa shape index (κ3) is 5.24. The molecule has 242 valence electrons. The highest BCUT2D eigenvalue weighted by Crippen LogP contribution is 2.55. The first-order valence-corrected chi connectivity index (χ1v) is 14.6. The van der Waals surface area contributed by atoms with Crippen LogP contribution in [0.1, 0.15) is 69.2 Å². The molecule has 0 saturated carbocycles. The van der Waals surface area contributed by atoms with E-state index >= 15 is 0 Å². The third-order valence-corrected chi connectivity index (χ3v) is 11.4. The van der Waals surface area contributed by atoms with Crippen LogP contribution in [0.3, 0.4) is 0 Å². The van der Waals surface area contributed by atoms with Gasteiger partial charge in [-0.2, -0.15) is 8.42 Å². The van der Waals surface area contributed by atoms with Crippen molar-refractivity contribution in [2.24, 2.45) is 5.41 Å². The molecular formula is C26H49NO13S. The second kappa shape index (κ2) is 10.6. The average Bonchev–Trinajstić information content (AvgIpc) is 2.83. The summed E-state index contributed by atoms with van der Waals surface area (Å²) in [6, 6.07) is 0. The molecule has 15 heteroatoms. The molecular weight excluding hydrogens is 566 g/mol. The Labute approximate surface area is 242 Å². The van der Waals surface area contributed by atoms with Crippen molar-refractivity contribution in [3.05, 3.63) is 0 Å². The highest BCUT2D eigenvalue weighted by atomic mass is 32.3. The Balaban J connectivity index is 2.50. The molecule has 2 heterocycles. The summed E-state index contributed by atoms with van der Waals surface area (Å²) in [5.74, 6) is -0.532. The second-order valence-corrected chi connectivity index (χ2v) is 14.6. The highest BCUT2D eigenvalue weighted by Gasteiger charge is 2.75. The molecule has 6 N–H and O–H groups in total. The van der Waals surface area contributed by atoms with Crippen LogP contribution in [0.5, 0.6) is 0 Å². The molecule has 0 spiro atoms. The van der Waals surface area contributed by atoms with Crippen LogP contribution in [0.2, 0.25) is 0 Å². The predicted molar refractivity (Wildman–Crippen MR) is 145 cm³/mol. The first kappa shape index (κ1) is 36.2. The number of nitrogens with one attached hydrogen (secondary N) is 1. The lowest BCUT2D eigenvalue weighted by atomic mass is 9.56. The third-order valence-electron chi connectivity index (χ3n) is 10.6. The Bertz CT molecular complexity index is 1110. The molecule has 9 atom stereocenters. The van der Waals surface area contributed by atoms with Crippen molar-refractivity contribution in [2.75, 3.05) is 40.1 Å². The molecule has 2 saturated heterocycles. The normalized spacial score (nSPS) is 49.1. The Kier molecular flexibility index (Phi) is 9.34. The number of aliphatic hydroxyl groups is 5. The van der Waals surface area contributed by atoms with E-state index in [2.05, 4.69) is 9.50 Å². The van der Waals surface area contributed by atoms with Gasteiger partial charge in [0.25, 0.3) is 0 Å². The molecule has 0 aliphatic carbocycles. The lowest BCUT2D eigenvalue weighted by molar-refractivity contribution is -0.377. The van der Waals surface area contributed by atoms with Gasteiger partial charge >= 0.3 is 10.4 Å². The van der Waals surface area contributed by atoms with Gasteiger partial charge in [0.2, 0.25) is 5.91 Å². The molecule has 14 nitrogen and oxygen atoms in total. The molecule has 0 aromatic carbocycles. The summed E-state index contributed by atoms with van der Waals surface area (Å²) in [4.78, 5) is 12.3. The fourth-order valence-corrected chi connectivity index (χ4v) is 6.52. The molecule has 2 fully saturated rings. The maximum Gasteiger partial charge on any atom is 0.399 e. The Hall–Kier alpha value is -0.980. The van der Waals surface area contributed by atoms with Gasteiger partial charge in [0.15, 0.2) is 0 Å². The molecule has 2 aliphatic heterocycles. The van der Waals surface area contributed by atoms with Crippen LogP contribution >= 0.6 is 0 Å². The Morgan fingerprint density at radius 3 is 1.83 bits per heavy atom. The van der Waals surface area contributed by atoms with Crippen LogP contribution in [0.25, 0.3) is 0 Å². The summed E-state index contributed by atoms with van der Waals surface area (Å²) < 4.78 is 51.0. The van der Waals surface area contributed by atoms with Gasteiger partial charge in [-0.05, 0) is 55.4 Å². The van der Waals surface area contributed by atoms with E-state index < -0.39 is 79.7 Å². The minimum absolute atomic E-state index is 0.326. The number of carbonyl (C=O) groups is 1. The molecule has 0 aromatic heterocycles. The standard InChI is InChI=1S/C26H49NO13S/c1-17(29)27-23(7)21(5,40-20(4,12-28)25(9,32)26(23,10)33)15-37-13-18(2)19(3,30)14-38-22(6,24(18,8)31)16-39-41(34,35)36-11/h28,30-33H,12-16H2,1-11H3,(H,27,29). The van der Waals surface area contributed by atoms with Gasteiger partial charge in [-0.1, -0.05) is 6.92 Å². The van der Waals surface area contributed by atoms with Gasteiger partial charge in [0.05, 0.1) is 50.1 Å². The van der Waals surface area contributed by atoms with Crippen molar-refractivity contribution in [3.63, 3.8) is 0 Å². The minimum Gasteiger partial charge on any atom is -0.393 e. The lowest BCUT2D eigenvalue weighted by Gasteiger charge is -2.67. The van der Waals surface area contributed by atoms with Gasteiger partial charge in [0.1, 0.15) is 40.2 Å². The van der Waals surface area contributed by atoms with Crippen LogP contribution in [0.4, 0.5) is 0 Å².